The van der Waals surface area contributed by atoms with Crippen LogP contribution in [-0.2, 0) is 10.8 Å². The lowest BCUT2D eigenvalue weighted by Crippen LogP contribution is -2.87. The van der Waals surface area contributed by atoms with Crippen molar-refractivity contribution < 1.29 is 0 Å². The molecule has 1 radical (unpaired) electrons. The molecule has 2 aromatic heterocycles. The maximum atomic E-state index is 4.05. The SMILES string of the molecule is Cc1cc(-c2cc3sc4cc5ccccc5cc4c3cc2Nc2ccc(-c3ccccc3)cc2)c2c(c1)-n1c3ccc(C45CC6CC7CC(C4)C765)cc3c3cc(C45CC6CC7CC(C4)C76C5)cc(c31)[B]2. The maximum Gasteiger partial charge on any atom is 0.197 e. The van der Waals surface area contributed by atoms with E-state index in [4.69, 9.17) is 0 Å². The smallest absolute Gasteiger partial charge is 0.197 e. The molecule has 335 valence electrons. The molecule has 4 unspecified atom stereocenters. The molecule has 0 amide bonds. The number of nitrogens with one attached hydrogen (secondary N) is 1. The number of rotatable bonds is 6. The van der Waals surface area contributed by atoms with Crippen LogP contribution in [0.15, 0.2) is 146 Å². The van der Waals surface area contributed by atoms with Crippen LogP contribution < -0.4 is 16.2 Å². The van der Waals surface area contributed by atoms with Gasteiger partial charge in [-0.25, -0.2) is 0 Å². The molecule has 2 bridgehead atoms. The Morgan fingerprint density at radius 2 is 1.29 bits per heavy atom. The normalized spacial score (nSPS) is 32.5. The van der Waals surface area contributed by atoms with Gasteiger partial charge in [-0.15, -0.1) is 11.3 Å². The fraction of sp³-hybridized carbons (Fsp3) is 0.303. The molecule has 2 nitrogen and oxygen atoms in total. The largest absolute Gasteiger partial charge is 0.355 e. The standard InChI is InChI=1S/C66H52BN2S/c1-35-17-53(49-29-60-52(51-19-38-9-5-6-10-39(38)20-59(51)70-60)28-56(49)68-48-14-11-37(12-15-48)36-7-3-2-4-8-36)61-58(18-35)69-57-16-13-40(64-32-46-23-43-24-47(33-64)66(43,46)64)25-50(57)54-26-41(27-55(67-61)62(54)69)63-30-44-21-42-22-45(31-63)65(42,44)34-63/h2-20,25-29,42-47,68H,21-24,30-34H2,1H3. The van der Waals surface area contributed by atoms with E-state index in [0.29, 0.717) is 21.7 Å². The molecule has 4 heteroatoms. The van der Waals surface area contributed by atoms with Crippen LogP contribution in [0.4, 0.5) is 11.4 Å². The average molecular weight is 916 g/mol. The Bertz CT molecular complexity index is 4040. The molecule has 3 heterocycles. The fourth-order valence-electron chi connectivity index (χ4n) is 19.8. The van der Waals surface area contributed by atoms with Gasteiger partial charge in [-0.3, -0.25) is 0 Å². The van der Waals surface area contributed by atoms with Crippen molar-refractivity contribution in [1.29, 1.82) is 0 Å². The highest BCUT2D eigenvalue weighted by Gasteiger charge is 2.87. The third kappa shape index (κ3) is 4.16. The van der Waals surface area contributed by atoms with Crippen LogP contribution >= 0.6 is 11.3 Å². The Balaban J connectivity index is 0.829. The summed E-state index contributed by atoms with van der Waals surface area (Å²) in [5.41, 5.74) is 20.9. The molecule has 8 saturated carbocycles. The van der Waals surface area contributed by atoms with Gasteiger partial charge in [0, 0.05) is 64.5 Å². The first-order valence-electron chi connectivity index (χ1n) is 26.8. The number of fused-ring (bicyclic) bond motifs is 10. The van der Waals surface area contributed by atoms with E-state index in [-0.39, 0.29) is 0 Å². The van der Waals surface area contributed by atoms with E-state index in [1.54, 1.807) is 11.1 Å². The summed E-state index contributed by atoms with van der Waals surface area (Å²) in [6, 6.07) is 56.9. The molecule has 1 N–H and O–H groups in total. The lowest BCUT2D eigenvalue weighted by molar-refractivity contribution is -0.395. The topological polar surface area (TPSA) is 17.0 Å². The van der Waals surface area contributed by atoms with Gasteiger partial charge in [0.1, 0.15) is 0 Å². The molecule has 70 heavy (non-hydrogen) atoms. The number of hydrogen-bond donors (Lipinski definition) is 1. The van der Waals surface area contributed by atoms with E-state index in [2.05, 4.69) is 170 Å². The number of aryl methyl sites for hydroxylation is 1. The number of aromatic nitrogens is 1. The molecule has 8 fully saturated rings. The summed E-state index contributed by atoms with van der Waals surface area (Å²) in [4.78, 5) is 0. The van der Waals surface area contributed by atoms with Crippen molar-refractivity contribution in [2.45, 2.75) is 75.5 Å². The number of hydrogen-bond acceptors (Lipinski definition) is 2. The molecule has 4 atom stereocenters. The van der Waals surface area contributed by atoms with Crippen LogP contribution in [0.1, 0.15) is 74.5 Å². The fourth-order valence-corrected chi connectivity index (χ4v) is 21.0. The second-order valence-electron chi connectivity index (χ2n) is 24.7. The monoisotopic (exact) mass is 915 g/mol. The molecule has 9 aliphatic rings. The molecule has 8 aromatic carbocycles. The number of benzene rings is 8. The Hall–Kier alpha value is -6.10. The van der Waals surface area contributed by atoms with Crippen LogP contribution in [0.3, 0.4) is 0 Å². The lowest BCUT2D eigenvalue weighted by Gasteiger charge is -2.91. The van der Waals surface area contributed by atoms with Crippen LogP contribution in [0.25, 0.3) is 80.7 Å². The number of nitrogens with zero attached hydrogens (tertiary/aromatic N) is 1. The zero-order valence-corrected chi connectivity index (χ0v) is 40.4. The Morgan fingerprint density at radius 1 is 0.571 bits per heavy atom. The molecular weight excluding hydrogens is 864 g/mol. The Kier molecular flexibility index (Phi) is 6.54. The number of anilines is 2. The highest BCUT2D eigenvalue weighted by molar-refractivity contribution is 7.26. The van der Waals surface area contributed by atoms with Crippen LogP contribution in [0.5, 0.6) is 0 Å². The van der Waals surface area contributed by atoms with Gasteiger partial charge in [0.25, 0.3) is 0 Å². The van der Waals surface area contributed by atoms with Crippen molar-refractivity contribution in [2.75, 3.05) is 5.32 Å². The highest BCUT2D eigenvalue weighted by atomic mass is 32.1. The summed E-state index contributed by atoms with van der Waals surface area (Å²) >= 11 is 1.94. The summed E-state index contributed by atoms with van der Waals surface area (Å²) in [5.74, 6) is 5.94. The van der Waals surface area contributed by atoms with Crippen LogP contribution in [0.2, 0.25) is 0 Å². The zero-order chi connectivity index (χ0) is 45.2. The van der Waals surface area contributed by atoms with E-state index in [9.17, 15) is 0 Å². The lowest BCUT2D eigenvalue weighted by atomic mass is 9.12. The average Bonchev–Trinajstić information content (AvgIpc) is 4.07. The number of thiophene rings is 1. The zero-order valence-electron chi connectivity index (χ0n) is 39.6. The van der Waals surface area contributed by atoms with Crippen molar-refractivity contribution in [1.82, 2.24) is 4.57 Å². The minimum atomic E-state index is 0.330. The molecule has 10 aromatic rings. The van der Waals surface area contributed by atoms with Crippen LogP contribution in [-0.4, -0.2) is 11.8 Å². The van der Waals surface area contributed by atoms with Gasteiger partial charge in [-0.05, 0) is 227 Å². The summed E-state index contributed by atoms with van der Waals surface area (Å²) < 4.78 is 5.40. The van der Waals surface area contributed by atoms with Gasteiger partial charge in [0.15, 0.2) is 7.28 Å². The third-order valence-corrected chi connectivity index (χ3v) is 23.6. The van der Waals surface area contributed by atoms with Crippen molar-refractivity contribution in [3.05, 3.63) is 162 Å². The Labute approximate surface area is 413 Å². The molecule has 1 aliphatic heterocycles. The van der Waals surface area contributed by atoms with Gasteiger partial charge in [0.05, 0.1) is 5.52 Å². The summed E-state index contributed by atoms with van der Waals surface area (Å²) in [7, 11) is 2.64. The summed E-state index contributed by atoms with van der Waals surface area (Å²) in [6.07, 6.45) is 13.2. The van der Waals surface area contributed by atoms with Gasteiger partial charge < -0.3 is 9.88 Å². The summed E-state index contributed by atoms with van der Waals surface area (Å²) in [5, 5.41) is 12.3. The minimum Gasteiger partial charge on any atom is -0.355 e. The maximum absolute atomic E-state index is 4.05. The van der Waals surface area contributed by atoms with Gasteiger partial charge in [0.2, 0.25) is 0 Å². The van der Waals surface area contributed by atoms with E-state index < -0.39 is 0 Å². The van der Waals surface area contributed by atoms with Crippen molar-refractivity contribution >= 4 is 93.7 Å². The van der Waals surface area contributed by atoms with Gasteiger partial charge in [-0.1, -0.05) is 90.4 Å². The first-order valence-corrected chi connectivity index (χ1v) is 27.6. The van der Waals surface area contributed by atoms with Gasteiger partial charge in [-0.2, -0.15) is 0 Å². The van der Waals surface area contributed by atoms with Crippen molar-refractivity contribution in [3.63, 3.8) is 0 Å². The highest BCUT2D eigenvalue weighted by Crippen LogP contribution is 2.92. The van der Waals surface area contributed by atoms with E-state index in [1.165, 1.54) is 155 Å². The predicted molar refractivity (Wildman–Crippen MR) is 292 cm³/mol. The van der Waals surface area contributed by atoms with E-state index >= 15 is 0 Å². The second-order valence-corrected chi connectivity index (χ2v) is 25.8. The molecule has 19 rings (SSSR count). The molecule has 8 aliphatic carbocycles. The van der Waals surface area contributed by atoms with Gasteiger partial charge >= 0.3 is 0 Å². The first kappa shape index (κ1) is 37.7. The predicted octanol–water partition coefficient (Wildman–Crippen LogP) is 15.4. The Morgan fingerprint density at radius 3 is 2.04 bits per heavy atom. The third-order valence-electron chi connectivity index (χ3n) is 22.5. The first-order chi connectivity index (χ1) is 34.4. The van der Waals surface area contributed by atoms with Crippen LogP contribution in [0, 0.1) is 53.3 Å². The minimum absolute atomic E-state index is 0.330. The second kappa shape index (κ2) is 12.1. The quantitative estimate of drug-likeness (QED) is 0.165. The molecular formula is C66H52BN2S. The molecule has 2 spiro atoms. The molecule has 0 saturated heterocycles. The van der Waals surface area contributed by atoms with E-state index in [1.807, 2.05) is 11.3 Å². The van der Waals surface area contributed by atoms with E-state index in [0.717, 1.165) is 46.9 Å². The van der Waals surface area contributed by atoms with Crippen molar-refractivity contribution in [2.24, 2.45) is 46.3 Å². The summed E-state index contributed by atoms with van der Waals surface area (Å²) in [6.45, 7) is 2.32. The van der Waals surface area contributed by atoms with Crippen molar-refractivity contribution in [3.8, 4) is 27.9 Å².